The monoisotopic (exact) mass is 279 g/mol. The molecule has 104 valence electrons. The summed E-state index contributed by atoms with van der Waals surface area (Å²) in [5.74, 6) is -0.190. The molecule has 0 spiro atoms. The zero-order chi connectivity index (χ0) is 14.7. The summed E-state index contributed by atoms with van der Waals surface area (Å²) in [7, 11) is 0. The molecule has 3 aromatic rings. The number of aliphatic carboxylic acids is 1. The minimum atomic E-state index is -0.850. The predicted molar refractivity (Wildman–Crippen MR) is 78.1 cm³/mol. The molecule has 0 atom stereocenters. The summed E-state index contributed by atoms with van der Waals surface area (Å²) in [6, 6.07) is 11.6. The van der Waals surface area contributed by atoms with Crippen molar-refractivity contribution in [3.63, 3.8) is 0 Å². The smallest absolute Gasteiger partial charge is 0.307 e. The highest BCUT2D eigenvalue weighted by Gasteiger charge is 2.06. The molecule has 5 heteroatoms. The minimum absolute atomic E-state index is 0.00119. The van der Waals surface area contributed by atoms with Gasteiger partial charge in [-0.1, -0.05) is 30.3 Å². The van der Waals surface area contributed by atoms with Crippen LogP contribution in [0.4, 0.5) is 0 Å². The van der Waals surface area contributed by atoms with Crippen molar-refractivity contribution in [1.82, 2.24) is 14.5 Å². The number of benzene rings is 1. The third kappa shape index (κ3) is 2.97. The number of hydrogen-bond acceptors (Lipinski definition) is 3. The molecule has 0 aliphatic heterocycles. The van der Waals surface area contributed by atoms with E-state index in [0.29, 0.717) is 5.82 Å². The molecule has 0 aliphatic carbocycles. The standard InChI is InChI=1S/C16H13N3O2/c20-16(21)8-12-6-7-19(11-12)15-10-17-9-14(18-15)13-4-2-1-3-5-13/h1-7,9-11H,8H2,(H,20,21). The second kappa shape index (κ2) is 5.58. The Hall–Kier alpha value is -2.95. The van der Waals surface area contributed by atoms with Crippen LogP contribution >= 0.6 is 0 Å². The predicted octanol–water partition coefficient (Wildman–Crippen LogP) is 2.56. The molecule has 1 N–H and O–H groups in total. The summed E-state index contributed by atoms with van der Waals surface area (Å²) in [6.07, 6.45) is 6.90. The summed E-state index contributed by atoms with van der Waals surface area (Å²) >= 11 is 0. The van der Waals surface area contributed by atoms with Crippen LogP contribution in [0.3, 0.4) is 0 Å². The van der Waals surface area contributed by atoms with Crippen LogP contribution in [0.1, 0.15) is 5.56 Å². The van der Waals surface area contributed by atoms with Crippen molar-refractivity contribution < 1.29 is 9.90 Å². The van der Waals surface area contributed by atoms with Gasteiger partial charge in [0.05, 0.1) is 24.5 Å². The SMILES string of the molecule is O=C(O)Cc1ccn(-c2cncc(-c3ccccc3)n2)c1. The summed E-state index contributed by atoms with van der Waals surface area (Å²) in [5, 5.41) is 8.80. The molecule has 0 bridgehead atoms. The van der Waals surface area contributed by atoms with Crippen molar-refractivity contribution in [2.75, 3.05) is 0 Å². The van der Waals surface area contributed by atoms with Gasteiger partial charge in [-0.2, -0.15) is 0 Å². The fraction of sp³-hybridized carbons (Fsp3) is 0.0625. The van der Waals surface area contributed by atoms with E-state index in [9.17, 15) is 4.79 Å². The zero-order valence-electron chi connectivity index (χ0n) is 11.2. The largest absolute Gasteiger partial charge is 0.481 e. The Balaban J connectivity index is 1.93. The van der Waals surface area contributed by atoms with Crippen LogP contribution in [-0.4, -0.2) is 25.6 Å². The Labute approximate surface area is 121 Å². The van der Waals surface area contributed by atoms with Crippen LogP contribution in [-0.2, 0) is 11.2 Å². The molecule has 0 unspecified atom stereocenters. The Kier molecular flexibility index (Phi) is 3.47. The lowest BCUT2D eigenvalue weighted by Crippen LogP contribution is -2.00. The highest BCUT2D eigenvalue weighted by Crippen LogP contribution is 2.17. The number of carboxylic acid groups (broad SMARTS) is 1. The Bertz CT molecular complexity index is 766. The van der Waals surface area contributed by atoms with Gasteiger partial charge >= 0.3 is 5.97 Å². The summed E-state index contributed by atoms with van der Waals surface area (Å²) in [5.41, 5.74) is 2.50. The molecule has 5 nitrogen and oxygen atoms in total. The quantitative estimate of drug-likeness (QED) is 0.797. The Morgan fingerprint density at radius 2 is 1.95 bits per heavy atom. The summed E-state index contributed by atoms with van der Waals surface area (Å²) < 4.78 is 1.78. The van der Waals surface area contributed by atoms with Gasteiger partial charge in [-0.3, -0.25) is 9.78 Å². The van der Waals surface area contributed by atoms with Crippen molar-refractivity contribution in [3.05, 3.63) is 66.7 Å². The number of carboxylic acids is 1. The molecule has 3 rings (SSSR count). The van der Waals surface area contributed by atoms with Crippen LogP contribution in [0.25, 0.3) is 17.1 Å². The average molecular weight is 279 g/mol. The zero-order valence-corrected chi connectivity index (χ0v) is 11.2. The molecule has 2 heterocycles. The Morgan fingerprint density at radius 1 is 1.14 bits per heavy atom. The maximum Gasteiger partial charge on any atom is 0.307 e. The number of aromatic nitrogens is 3. The highest BCUT2D eigenvalue weighted by atomic mass is 16.4. The van der Waals surface area contributed by atoms with Gasteiger partial charge in [0.1, 0.15) is 0 Å². The number of carbonyl (C=O) groups is 1. The topological polar surface area (TPSA) is 68.0 Å². The van der Waals surface area contributed by atoms with Crippen molar-refractivity contribution in [3.8, 4) is 17.1 Å². The van der Waals surface area contributed by atoms with E-state index in [4.69, 9.17) is 5.11 Å². The molecule has 0 amide bonds. The van der Waals surface area contributed by atoms with E-state index in [1.165, 1.54) is 0 Å². The molecule has 0 radical (unpaired) electrons. The van der Waals surface area contributed by atoms with E-state index < -0.39 is 5.97 Å². The van der Waals surface area contributed by atoms with Gasteiger partial charge in [-0.25, -0.2) is 4.98 Å². The first-order valence-electron chi connectivity index (χ1n) is 6.49. The maximum atomic E-state index is 10.7. The fourth-order valence-electron chi connectivity index (χ4n) is 2.09. The van der Waals surface area contributed by atoms with Crippen LogP contribution in [0, 0.1) is 0 Å². The fourth-order valence-corrected chi connectivity index (χ4v) is 2.09. The molecule has 1 aromatic carbocycles. The first-order chi connectivity index (χ1) is 10.2. The lowest BCUT2D eigenvalue weighted by atomic mass is 10.2. The number of nitrogens with zero attached hydrogens (tertiary/aromatic N) is 3. The van der Waals surface area contributed by atoms with Gasteiger partial charge < -0.3 is 9.67 Å². The van der Waals surface area contributed by atoms with E-state index in [1.54, 1.807) is 35.4 Å². The molecular formula is C16H13N3O2. The summed E-state index contributed by atoms with van der Waals surface area (Å²) in [6.45, 7) is 0. The van der Waals surface area contributed by atoms with E-state index >= 15 is 0 Å². The van der Waals surface area contributed by atoms with Crippen molar-refractivity contribution in [2.45, 2.75) is 6.42 Å². The second-order valence-electron chi connectivity index (χ2n) is 4.63. The van der Waals surface area contributed by atoms with Crippen LogP contribution in [0.5, 0.6) is 0 Å². The van der Waals surface area contributed by atoms with Crippen LogP contribution < -0.4 is 0 Å². The van der Waals surface area contributed by atoms with E-state index in [2.05, 4.69) is 9.97 Å². The van der Waals surface area contributed by atoms with E-state index in [1.807, 2.05) is 30.3 Å². The van der Waals surface area contributed by atoms with Gasteiger partial charge in [-0.15, -0.1) is 0 Å². The molecule has 0 saturated heterocycles. The van der Waals surface area contributed by atoms with Gasteiger partial charge in [0.15, 0.2) is 5.82 Å². The van der Waals surface area contributed by atoms with Gasteiger partial charge in [-0.05, 0) is 11.6 Å². The van der Waals surface area contributed by atoms with Gasteiger partial charge in [0.25, 0.3) is 0 Å². The molecular weight excluding hydrogens is 266 g/mol. The van der Waals surface area contributed by atoms with Crippen molar-refractivity contribution >= 4 is 5.97 Å². The van der Waals surface area contributed by atoms with Gasteiger partial charge in [0, 0.05) is 18.0 Å². The average Bonchev–Trinajstić information content (AvgIpc) is 2.96. The van der Waals surface area contributed by atoms with Crippen LogP contribution in [0.2, 0.25) is 0 Å². The molecule has 0 aliphatic rings. The van der Waals surface area contributed by atoms with Crippen molar-refractivity contribution in [1.29, 1.82) is 0 Å². The van der Waals surface area contributed by atoms with Crippen molar-refractivity contribution in [2.24, 2.45) is 0 Å². The molecule has 0 fully saturated rings. The van der Waals surface area contributed by atoms with Crippen LogP contribution in [0.15, 0.2) is 61.2 Å². The van der Waals surface area contributed by atoms with Gasteiger partial charge in [0.2, 0.25) is 0 Å². The molecule has 0 saturated carbocycles. The third-order valence-electron chi connectivity index (χ3n) is 3.07. The van der Waals surface area contributed by atoms with E-state index in [-0.39, 0.29) is 6.42 Å². The normalized spacial score (nSPS) is 10.5. The summed E-state index contributed by atoms with van der Waals surface area (Å²) in [4.78, 5) is 19.5. The maximum absolute atomic E-state index is 10.7. The number of rotatable bonds is 4. The third-order valence-corrected chi connectivity index (χ3v) is 3.07. The second-order valence-corrected chi connectivity index (χ2v) is 4.63. The highest BCUT2D eigenvalue weighted by molar-refractivity contribution is 5.70. The number of hydrogen-bond donors (Lipinski definition) is 1. The molecule has 2 aromatic heterocycles. The van der Waals surface area contributed by atoms with E-state index in [0.717, 1.165) is 16.8 Å². The molecule has 21 heavy (non-hydrogen) atoms. The minimum Gasteiger partial charge on any atom is -0.481 e. The Morgan fingerprint density at radius 3 is 2.71 bits per heavy atom. The lowest BCUT2D eigenvalue weighted by Gasteiger charge is -2.04. The first-order valence-corrected chi connectivity index (χ1v) is 6.49. The lowest BCUT2D eigenvalue weighted by molar-refractivity contribution is -0.136. The first kappa shape index (κ1) is 13.1.